The summed E-state index contributed by atoms with van der Waals surface area (Å²) in [5.41, 5.74) is 2.56. The molecular weight excluding hydrogens is 276 g/mol. The van der Waals surface area contributed by atoms with E-state index in [1.807, 2.05) is 17.8 Å². The number of rotatable bonds is 5. The van der Waals surface area contributed by atoms with E-state index >= 15 is 0 Å². The van der Waals surface area contributed by atoms with Gasteiger partial charge in [0.2, 0.25) is 0 Å². The lowest BCUT2D eigenvalue weighted by Crippen LogP contribution is -2.41. The predicted octanol–water partition coefficient (Wildman–Crippen LogP) is 3.78. The molecule has 2 rings (SSSR count). The van der Waals surface area contributed by atoms with E-state index in [1.165, 1.54) is 22.8 Å². The van der Waals surface area contributed by atoms with Gasteiger partial charge < -0.3 is 10.2 Å². The van der Waals surface area contributed by atoms with Gasteiger partial charge in [-0.2, -0.15) is 11.8 Å². The van der Waals surface area contributed by atoms with Crippen LogP contribution in [0, 0.1) is 0 Å². The summed E-state index contributed by atoms with van der Waals surface area (Å²) in [6.45, 7) is 7.50. The van der Waals surface area contributed by atoms with Crippen molar-refractivity contribution in [1.29, 1.82) is 0 Å². The van der Waals surface area contributed by atoms with Crippen LogP contribution in [-0.2, 0) is 6.54 Å². The molecule has 2 nitrogen and oxygen atoms in total. The molecule has 1 fully saturated rings. The molecule has 1 aromatic rings. The van der Waals surface area contributed by atoms with Crippen LogP contribution < -0.4 is 10.2 Å². The fraction of sp³-hybridized carbons (Fsp3) is 0.600. The third kappa shape index (κ3) is 3.80. The Morgan fingerprint density at radius 1 is 1.47 bits per heavy atom. The van der Waals surface area contributed by atoms with Crippen molar-refractivity contribution in [3.05, 3.63) is 28.8 Å². The number of nitrogens with one attached hydrogen (secondary N) is 1. The summed E-state index contributed by atoms with van der Waals surface area (Å²) in [5.74, 6) is 2.41. The van der Waals surface area contributed by atoms with Gasteiger partial charge in [-0.3, -0.25) is 0 Å². The molecule has 0 aromatic heterocycles. The Balaban J connectivity index is 2.20. The first kappa shape index (κ1) is 15.0. The molecule has 1 atom stereocenters. The lowest BCUT2D eigenvalue weighted by atomic mass is 10.1. The molecule has 1 heterocycles. The van der Waals surface area contributed by atoms with Crippen molar-refractivity contribution in [2.24, 2.45) is 0 Å². The first-order chi connectivity index (χ1) is 9.24. The number of thioether (sulfide) groups is 1. The van der Waals surface area contributed by atoms with Gasteiger partial charge in [-0.25, -0.2) is 0 Å². The van der Waals surface area contributed by atoms with E-state index in [9.17, 15) is 0 Å². The highest BCUT2D eigenvalue weighted by Gasteiger charge is 2.21. The first-order valence-electron chi connectivity index (χ1n) is 7.06. The molecule has 19 heavy (non-hydrogen) atoms. The van der Waals surface area contributed by atoms with Crippen molar-refractivity contribution < 1.29 is 0 Å². The van der Waals surface area contributed by atoms with E-state index in [1.54, 1.807) is 0 Å². The van der Waals surface area contributed by atoms with Crippen LogP contribution in [0.2, 0.25) is 5.02 Å². The van der Waals surface area contributed by atoms with Crippen molar-refractivity contribution in [2.75, 3.05) is 29.5 Å². The molecule has 0 spiro atoms. The molecular formula is C15H23ClN2S. The van der Waals surface area contributed by atoms with Crippen LogP contribution in [0.25, 0.3) is 0 Å². The number of hydrogen-bond donors (Lipinski definition) is 1. The summed E-state index contributed by atoms with van der Waals surface area (Å²) in [6.07, 6.45) is 1.15. The molecule has 4 heteroatoms. The molecule has 1 aliphatic rings. The van der Waals surface area contributed by atoms with E-state index in [4.69, 9.17) is 11.6 Å². The molecule has 1 aromatic carbocycles. The SMILES string of the molecule is CCCNCc1c(Cl)cccc1N1CCSCC1C. The molecule has 0 amide bonds. The van der Waals surface area contributed by atoms with Gasteiger partial charge in [0.1, 0.15) is 0 Å². The van der Waals surface area contributed by atoms with Crippen molar-refractivity contribution >= 4 is 29.1 Å². The Bertz CT molecular complexity index is 411. The van der Waals surface area contributed by atoms with Gasteiger partial charge in [-0.15, -0.1) is 0 Å². The quantitative estimate of drug-likeness (QED) is 0.833. The Morgan fingerprint density at radius 2 is 2.32 bits per heavy atom. The second kappa shape index (κ2) is 7.41. The summed E-state index contributed by atoms with van der Waals surface area (Å²) < 4.78 is 0. The highest BCUT2D eigenvalue weighted by Crippen LogP contribution is 2.31. The fourth-order valence-corrected chi connectivity index (χ4v) is 3.72. The third-order valence-corrected chi connectivity index (χ3v) is 5.04. The van der Waals surface area contributed by atoms with E-state index in [-0.39, 0.29) is 0 Å². The smallest absolute Gasteiger partial charge is 0.0471 e. The van der Waals surface area contributed by atoms with Crippen LogP contribution in [0.4, 0.5) is 5.69 Å². The normalized spacial score (nSPS) is 19.7. The number of benzene rings is 1. The van der Waals surface area contributed by atoms with E-state index in [0.29, 0.717) is 6.04 Å². The van der Waals surface area contributed by atoms with Gasteiger partial charge in [0.05, 0.1) is 0 Å². The lowest BCUT2D eigenvalue weighted by molar-refractivity contribution is 0.660. The van der Waals surface area contributed by atoms with Crippen LogP contribution >= 0.6 is 23.4 Å². The Morgan fingerprint density at radius 3 is 3.05 bits per heavy atom. The van der Waals surface area contributed by atoms with Gasteiger partial charge in [0.15, 0.2) is 0 Å². The minimum atomic E-state index is 0.585. The number of halogens is 1. The van der Waals surface area contributed by atoms with Crippen molar-refractivity contribution in [2.45, 2.75) is 32.9 Å². The minimum Gasteiger partial charge on any atom is -0.367 e. The predicted molar refractivity (Wildman–Crippen MR) is 87.6 cm³/mol. The average molecular weight is 299 g/mol. The van der Waals surface area contributed by atoms with Crippen molar-refractivity contribution in [3.63, 3.8) is 0 Å². The highest BCUT2D eigenvalue weighted by molar-refractivity contribution is 7.99. The van der Waals surface area contributed by atoms with Gasteiger partial charge in [-0.1, -0.05) is 24.6 Å². The van der Waals surface area contributed by atoms with Crippen LogP contribution in [0.1, 0.15) is 25.8 Å². The molecule has 0 saturated carbocycles. The van der Waals surface area contributed by atoms with Gasteiger partial charge in [-0.05, 0) is 32.0 Å². The summed E-state index contributed by atoms with van der Waals surface area (Å²) in [5, 5.41) is 4.35. The number of nitrogens with zero attached hydrogens (tertiary/aromatic N) is 1. The zero-order valence-corrected chi connectivity index (χ0v) is 13.4. The zero-order chi connectivity index (χ0) is 13.7. The number of hydrogen-bond acceptors (Lipinski definition) is 3. The Labute approximate surface area is 125 Å². The van der Waals surface area contributed by atoms with Crippen molar-refractivity contribution in [3.8, 4) is 0 Å². The lowest BCUT2D eigenvalue weighted by Gasteiger charge is -2.36. The monoisotopic (exact) mass is 298 g/mol. The molecule has 0 bridgehead atoms. The topological polar surface area (TPSA) is 15.3 Å². The van der Waals surface area contributed by atoms with E-state index < -0.39 is 0 Å². The zero-order valence-electron chi connectivity index (χ0n) is 11.8. The molecule has 106 valence electrons. The second-order valence-corrected chi connectivity index (χ2v) is 6.59. The van der Waals surface area contributed by atoms with Crippen LogP contribution in [0.15, 0.2) is 18.2 Å². The third-order valence-electron chi connectivity index (χ3n) is 3.50. The maximum absolute atomic E-state index is 6.40. The van der Waals surface area contributed by atoms with Crippen LogP contribution in [0.3, 0.4) is 0 Å². The fourth-order valence-electron chi connectivity index (χ4n) is 2.47. The number of anilines is 1. The summed E-state index contributed by atoms with van der Waals surface area (Å²) in [7, 11) is 0. The highest BCUT2D eigenvalue weighted by atomic mass is 35.5. The van der Waals surface area contributed by atoms with Gasteiger partial charge in [0.25, 0.3) is 0 Å². The molecule has 0 aliphatic carbocycles. The standard InChI is InChI=1S/C15H23ClN2S/c1-3-7-17-10-13-14(16)5-4-6-15(13)18-8-9-19-11-12(18)2/h4-6,12,17H,3,7-11H2,1-2H3. The van der Waals surface area contributed by atoms with E-state index in [0.717, 1.165) is 31.1 Å². The Kier molecular flexibility index (Phi) is 5.86. The second-order valence-electron chi connectivity index (χ2n) is 5.03. The summed E-state index contributed by atoms with van der Waals surface area (Å²) in [4.78, 5) is 2.51. The van der Waals surface area contributed by atoms with Gasteiger partial charge in [0, 0.05) is 46.9 Å². The maximum atomic E-state index is 6.40. The van der Waals surface area contributed by atoms with E-state index in [2.05, 4.69) is 36.2 Å². The molecule has 1 aliphatic heterocycles. The Hall–Kier alpha value is -0.380. The van der Waals surface area contributed by atoms with Gasteiger partial charge >= 0.3 is 0 Å². The molecule has 0 radical (unpaired) electrons. The average Bonchev–Trinajstić information content (AvgIpc) is 2.41. The summed E-state index contributed by atoms with van der Waals surface area (Å²) in [6, 6.07) is 6.86. The molecule has 1 unspecified atom stereocenters. The largest absolute Gasteiger partial charge is 0.367 e. The summed E-state index contributed by atoms with van der Waals surface area (Å²) >= 11 is 8.45. The minimum absolute atomic E-state index is 0.585. The molecule has 1 saturated heterocycles. The first-order valence-corrected chi connectivity index (χ1v) is 8.59. The van der Waals surface area contributed by atoms with Crippen molar-refractivity contribution in [1.82, 2.24) is 5.32 Å². The maximum Gasteiger partial charge on any atom is 0.0471 e. The molecule has 1 N–H and O–H groups in total. The van der Waals surface area contributed by atoms with Crippen LogP contribution in [0.5, 0.6) is 0 Å². The van der Waals surface area contributed by atoms with Crippen LogP contribution in [-0.4, -0.2) is 30.6 Å².